The third kappa shape index (κ3) is 5.12. The highest BCUT2D eigenvalue weighted by Gasteiger charge is 2.48. The maximum Gasteiger partial charge on any atom is 0.325 e. The summed E-state index contributed by atoms with van der Waals surface area (Å²) in [5.41, 5.74) is 0. The molecule has 0 bridgehead atoms. The van der Waals surface area contributed by atoms with Gasteiger partial charge in [-0.15, -0.1) is 0 Å². The van der Waals surface area contributed by atoms with Crippen LogP contribution in [-0.2, 0) is 4.79 Å². The molecular formula is C18H32N4O2S. The Morgan fingerprint density at radius 2 is 1.72 bits per heavy atom. The van der Waals surface area contributed by atoms with Gasteiger partial charge in [-0.3, -0.25) is 10.1 Å². The van der Waals surface area contributed by atoms with Crippen molar-refractivity contribution in [2.75, 3.05) is 19.3 Å². The van der Waals surface area contributed by atoms with Crippen molar-refractivity contribution in [2.24, 2.45) is 4.99 Å². The number of aliphatic imine (C=N–C) groups is 1. The van der Waals surface area contributed by atoms with Crippen LogP contribution in [0.25, 0.3) is 0 Å². The molecule has 0 radical (unpaired) electrons. The second kappa shape index (κ2) is 10.0. The summed E-state index contributed by atoms with van der Waals surface area (Å²) in [4.78, 5) is 32.7. The molecule has 25 heavy (non-hydrogen) atoms. The second-order valence-electron chi connectivity index (χ2n) is 6.84. The van der Waals surface area contributed by atoms with Gasteiger partial charge in [0.2, 0.25) is 0 Å². The van der Waals surface area contributed by atoms with Gasteiger partial charge in [0.1, 0.15) is 0 Å². The number of thioether (sulfide) groups is 1. The number of nitrogens with zero attached hydrogens (tertiary/aromatic N) is 3. The Kier molecular flexibility index (Phi) is 8.06. The molecule has 2 aliphatic heterocycles. The molecule has 1 N–H and O–H groups in total. The Morgan fingerprint density at radius 3 is 2.40 bits per heavy atom. The molecule has 0 spiro atoms. The number of unbranched alkanes of at least 4 members (excludes halogenated alkanes) is 6. The summed E-state index contributed by atoms with van der Waals surface area (Å²) >= 11 is 1.74. The van der Waals surface area contributed by atoms with Gasteiger partial charge in [0.15, 0.2) is 17.4 Å². The Balaban J connectivity index is 2.00. The van der Waals surface area contributed by atoms with Crippen molar-refractivity contribution >= 4 is 28.9 Å². The fraction of sp³-hybridized carbons (Fsp3) is 0.833. The number of hydrogen-bond acceptors (Lipinski definition) is 5. The first-order chi connectivity index (χ1) is 12.1. The predicted molar refractivity (Wildman–Crippen MR) is 104 cm³/mol. The van der Waals surface area contributed by atoms with E-state index in [1.54, 1.807) is 23.7 Å². The number of carbonyl (C=O) groups excluding carboxylic acids is 2. The van der Waals surface area contributed by atoms with E-state index in [2.05, 4.69) is 24.1 Å². The lowest BCUT2D eigenvalue weighted by molar-refractivity contribution is -0.127. The number of amides is 3. The van der Waals surface area contributed by atoms with Gasteiger partial charge in [0.25, 0.3) is 5.91 Å². The van der Waals surface area contributed by atoms with E-state index in [0.29, 0.717) is 0 Å². The zero-order valence-electron chi connectivity index (χ0n) is 15.8. The van der Waals surface area contributed by atoms with Crippen molar-refractivity contribution < 1.29 is 9.59 Å². The fourth-order valence-corrected chi connectivity index (χ4v) is 4.34. The first-order valence-electron chi connectivity index (χ1n) is 9.65. The Labute approximate surface area is 155 Å². The van der Waals surface area contributed by atoms with Crippen LogP contribution in [0.4, 0.5) is 4.79 Å². The van der Waals surface area contributed by atoms with Crippen LogP contribution in [0.15, 0.2) is 4.99 Å². The van der Waals surface area contributed by atoms with Gasteiger partial charge in [-0.2, -0.15) is 0 Å². The summed E-state index contributed by atoms with van der Waals surface area (Å²) in [5.74, 6) is 0.803. The lowest BCUT2D eigenvalue weighted by Gasteiger charge is -2.36. The second-order valence-corrected chi connectivity index (χ2v) is 7.90. The fourth-order valence-electron chi connectivity index (χ4n) is 3.26. The lowest BCUT2D eigenvalue weighted by atomic mass is 10.1. The number of imide groups is 1. The summed E-state index contributed by atoms with van der Waals surface area (Å²) < 4.78 is 0. The molecule has 0 aliphatic carbocycles. The van der Waals surface area contributed by atoms with Crippen LogP contribution >= 0.6 is 11.8 Å². The molecule has 6 nitrogen and oxygen atoms in total. The lowest BCUT2D eigenvalue weighted by Crippen LogP contribution is -2.63. The number of nitrogens with one attached hydrogen (secondary N) is 1. The van der Waals surface area contributed by atoms with Crippen molar-refractivity contribution in [3.63, 3.8) is 0 Å². The number of hydrogen-bond donors (Lipinski definition) is 1. The van der Waals surface area contributed by atoms with E-state index in [0.717, 1.165) is 36.7 Å². The smallest absolute Gasteiger partial charge is 0.325 e. The van der Waals surface area contributed by atoms with Crippen LogP contribution in [-0.4, -0.2) is 58.5 Å². The largest absolute Gasteiger partial charge is 0.336 e. The molecule has 0 aromatic heterocycles. The molecular weight excluding hydrogens is 336 g/mol. The van der Waals surface area contributed by atoms with Gasteiger partial charge >= 0.3 is 6.03 Å². The van der Waals surface area contributed by atoms with Crippen molar-refractivity contribution in [3.05, 3.63) is 0 Å². The molecule has 2 aliphatic rings. The highest BCUT2D eigenvalue weighted by atomic mass is 32.2. The summed E-state index contributed by atoms with van der Waals surface area (Å²) in [6.45, 7) is 5.24. The van der Waals surface area contributed by atoms with Gasteiger partial charge in [-0.25, -0.2) is 9.79 Å². The van der Waals surface area contributed by atoms with Crippen molar-refractivity contribution in [2.45, 2.75) is 77.4 Å². The number of amidine groups is 1. The monoisotopic (exact) mass is 368 g/mol. The van der Waals surface area contributed by atoms with E-state index in [1.807, 2.05) is 0 Å². The third-order valence-electron chi connectivity index (χ3n) is 4.80. The van der Waals surface area contributed by atoms with Crippen molar-refractivity contribution in [1.29, 1.82) is 0 Å². The topological polar surface area (TPSA) is 65.0 Å². The normalized spacial score (nSPS) is 22.9. The van der Waals surface area contributed by atoms with E-state index in [9.17, 15) is 9.59 Å². The van der Waals surface area contributed by atoms with Crippen LogP contribution in [0.2, 0.25) is 0 Å². The maximum atomic E-state index is 12.4. The molecule has 3 amide bonds. The van der Waals surface area contributed by atoms with Gasteiger partial charge in [0.05, 0.1) is 0 Å². The highest BCUT2D eigenvalue weighted by Crippen LogP contribution is 2.29. The van der Waals surface area contributed by atoms with Crippen LogP contribution in [0, 0.1) is 0 Å². The molecule has 2 rings (SSSR count). The van der Waals surface area contributed by atoms with Crippen LogP contribution in [0.5, 0.6) is 0 Å². The van der Waals surface area contributed by atoms with Crippen molar-refractivity contribution in [3.8, 4) is 0 Å². The molecule has 0 aromatic rings. The number of likely N-dealkylation sites (N-methyl/N-ethyl adjacent to an activating group) is 1. The van der Waals surface area contributed by atoms with Crippen LogP contribution < -0.4 is 5.32 Å². The first-order valence-corrected chi connectivity index (χ1v) is 10.6. The van der Waals surface area contributed by atoms with E-state index in [-0.39, 0.29) is 24.1 Å². The van der Waals surface area contributed by atoms with Gasteiger partial charge in [-0.1, -0.05) is 64.1 Å². The highest BCUT2D eigenvalue weighted by molar-refractivity contribution is 8.13. The van der Waals surface area contributed by atoms with E-state index in [1.165, 1.54) is 32.1 Å². The minimum Gasteiger partial charge on any atom is -0.336 e. The molecule has 1 saturated heterocycles. The summed E-state index contributed by atoms with van der Waals surface area (Å²) in [7, 11) is 1.72. The Hall–Kier alpha value is -1.24. The molecule has 2 unspecified atom stereocenters. The van der Waals surface area contributed by atoms with E-state index < -0.39 is 0 Å². The maximum absolute atomic E-state index is 12.4. The van der Waals surface area contributed by atoms with E-state index in [4.69, 9.17) is 4.99 Å². The van der Waals surface area contributed by atoms with Crippen molar-refractivity contribution in [1.82, 2.24) is 15.1 Å². The Morgan fingerprint density at radius 1 is 1.04 bits per heavy atom. The average molecular weight is 369 g/mol. The minimum absolute atomic E-state index is 0.214. The summed E-state index contributed by atoms with van der Waals surface area (Å²) in [5, 5.41) is 3.39. The minimum atomic E-state index is -0.384. The number of fused-ring (bicyclic) bond motifs is 1. The number of urea groups is 1. The van der Waals surface area contributed by atoms with Gasteiger partial charge in [-0.05, 0) is 12.8 Å². The van der Waals surface area contributed by atoms with Crippen LogP contribution in [0.3, 0.4) is 0 Å². The zero-order valence-corrected chi connectivity index (χ0v) is 16.6. The molecule has 0 saturated carbocycles. The number of rotatable bonds is 10. The molecule has 1 fully saturated rings. The van der Waals surface area contributed by atoms with Gasteiger partial charge in [0, 0.05) is 19.3 Å². The molecule has 0 aromatic carbocycles. The predicted octanol–water partition coefficient (Wildman–Crippen LogP) is 3.43. The van der Waals surface area contributed by atoms with E-state index >= 15 is 0 Å². The molecule has 2 heterocycles. The zero-order chi connectivity index (χ0) is 18.2. The summed E-state index contributed by atoms with van der Waals surface area (Å²) in [6.07, 6.45) is 9.12. The van der Waals surface area contributed by atoms with Gasteiger partial charge < -0.3 is 9.80 Å². The SMILES string of the molecule is CCCCCCSC1=NC2C(C(=O)NC(=O)N2C)N1CCCCCC. The first kappa shape index (κ1) is 20.1. The third-order valence-corrected chi connectivity index (χ3v) is 5.90. The Bertz CT molecular complexity index is 497. The standard InChI is InChI=1S/C18H32N4O2S/c1-4-6-8-10-12-22-14-15(21(3)17(24)20-16(14)23)19-18(22)25-13-11-9-7-5-2/h14-15H,4-13H2,1-3H3,(H,20,23,24). The summed E-state index contributed by atoms with van der Waals surface area (Å²) in [6, 6.07) is -0.724. The average Bonchev–Trinajstić information content (AvgIpc) is 2.96. The molecule has 2 atom stereocenters. The molecule has 7 heteroatoms. The quantitative estimate of drug-likeness (QED) is 0.600. The number of carbonyl (C=O) groups is 2. The van der Waals surface area contributed by atoms with Crippen LogP contribution in [0.1, 0.15) is 65.2 Å². The molecule has 142 valence electrons.